The van der Waals surface area contributed by atoms with Crippen molar-refractivity contribution in [3.05, 3.63) is 0 Å². The molecule has 3 nitrogen and oxygen atoms in total. The van der Waals surface area contributed by atoms with Gasteiger partial charge in [-0.25, -0.2) is 0 Å². The quantitative estimate of drug-likeness (QED) is 0.648. The molecule has 0 saturated heterocycles. The van der Waals surface area contributed by atoms with Gasteiger partial charge >= 0.3 is 0 Å². The van der Waals surface area contributed by atoms with Crippen molar-refractivity contribution in [3.63, 3.8) is 0 Å². The van der Waals surface area contributed by atoms with Crippen molar-refractivity contribution in [2.24, 2.45) is 17.6 Å². The zero-order valence-corrected chi connectivity index (χ0v) is 7.84. The van der Waals surface area contributed by atoms with Crippen LogP contribution in [0.1, 0.15) is 26.7 Å². The van der Waals surface area contributed by atoms with Crippen molar-refractivity contribution in [3.8, 4) is 0 Å². The molecule has 12 heavy (non-hydrogen) atoms. The van der Waals surface area contributed by atoms with Crippen LogP contribution in [0.15, 0.2) is 0 Å². The summed E-state index contributed by atoms with van der Waals surface area (Å²) in [4.78, 5) is 11.2. The predicted molar refractivity (Wildman–Crippen MR) is 48.5 cm³/mol. The van der Waals surface area contributed by atoms with Crippen LogP contribution in [-0.2, 0) is 4.79 Å². The van der Waals surface area contributed by atoms with Crippen molar-refractivity contribution in [1.29, 1.82) is 0 Å². The maximum Gasteiger partial charge on any atom is 0.237 e. The summed E-state index contributed by atoms with van der Waals surface area (Å²) >= 11 is 0. The molecule has 1 amide bonds. The van der Waals surface area contributed by atoms with E-state index in [0.717, 1.165) is 18.8 Å². The molecule has 0 aromatic heterocycles. The first-order valence-electron chi connectivity index (χ1n) is 4.68. The van der Waals surface area contributed by atoms with Crippen molar-refractivity contribution in [2.75, 3.05) is 6.54 Å². The lowest BCUT2D eigenvalue weighted by Crippen LogP contribution is -2.49. The minimum absolute atomic E-state index is 0.00870. The first-order valence-corrected chi connectivity index (χ1v) is 4.68. The lowest BCUT2D eigenvalue weighted by atomic mass is 9.72. The molecule has 0 radical (unpaired) electrons. The largest absolute Gasteiger partial charge is 0.355 e. The normalized spacial score (nSPS) is 30.6. The molecule has 0 bridgehead atoms. The van der Waals surface area contributed by atoms with Crippen molar-refractivity contribution in [1.82, 2.24) is 5.32 Å². The van der Waals surface area contributed by atoms with Crippen LogP contribution in [-0.4, -0.2) is 18.5 Å². The molecule has 3 heteroatoms. The fraction of sp³-hybridized carbons (Fsp3) is 0.889. The average molecular weight is 170 g/mol. The van der Waals surface area contributed by atoms with E-state index in [9.17, 15) is 4.79 Å². The molecule has 0 spiro atoms. The van der Waals surface area contributed by atoms with Crippen LogP contribution in [0.5, 0.6) is 0 Å². The molecule has 0 unspecified atom stereocenters. The van der Waals surface area contributed by atoms with Gasteiger partial charge in [0.1, 0.15) is 0 Å². The number of rotatable bonds is 3. The Morgan fingerprint density at radius 2 is 2.25 bits per heavy atom. The fourth-order valence-electron chi connectivity index (χ4n) is 1.76. The Bertz CT molecular complexity index is 164. The second-order valence-corrected chi connectivity index (χ2v) is 3.76. The summed E-state index contributed by atoms with van der Waals surface area (Å²) in [5.74, 6) is 1.19. The van der Waals surface area contributed by atoms with Gasteiger partial charge in [0.25, 0.3) is 0 Å². The Morgan fingerprint density at radius 3 is 2.67 bits per heavy atom. The molecule has 0 aromatic rings. The fourth-order valence-corrected chi connectivity index (χ4v) is 1.76. The second kappa shape index (κ2) is 3.90. The van der Waals surface area contributed by atoms with Crippen LogP contribution in [0.2, 0.25) is 0 Å². The Kier molecular flexibility index (Phi) is 3.09. The standard InChI is InChI=1S/C9H18N2O/c1-3-11-9(12)8(10)7-4-6(2)5-7/h6-8H,3-5,10H2,1-2H3,(H,11,12)/t6?,7?,8-/m1/s1. The number of nitrogens with two attached hydrogens (primary N) is 1. The van der Waals surface area contributed by atoms with E-state index in [1.54, 1.807) is 0 Å². The second-order valence-electron chi connectivity index (χ2n) is 3.76. The summed E-state index contributed by atoms with van der Waals surface area (Å²) in [7, 11) is 0. The van der Waals surface area contributed by atoms with Crippen molar-refractivity contribution in [2.45, 2.75) is 32.7 Å². The molecule has 1 aliphatic carbocycles. The Balaban J connectivity index is 2.27. The lowest BCUT2D eigenvalue weighted by Gasteiger charge is -2.36. The van der Waals surface area contributed by atoms with Crippen LogP contribution in [0.4, 0.5) is 0 Å². The monoisotopic (exact) mass is 170 g/mol. The van der Waals surface area contributed by atoms with Crippen LogP contribution in [0.3, 0.4) is 0 Å². The van der Waals surface area contributed by atoms with E-state index in [0.29, 0.717) is 12.5 Å². The van der Waals surface area contributed by atoms with Gasteiger partial charge in [-0.2, -0.15) is 0 Å². The molecular formula is C9H18N2O. The van der Waals surface area contributed by atoms with Gasteiger partial charge < -0.3 is 11.1 Å². The van der Waals surface area contributed by atoms with E-state index in [2.05, 4.69) is 12.2 Å². The Labute approximate surface area is 73.7 Å². The Hall–Kier alpha value is -0.570. The summed E-state index contributed by atoms with van der Waals surface area (Å²) in [6.45, 7) is 4.78. The molecule has 1 fully saturated rings. The van der Waals surface area contributed by atoms with E-state index in [1.165, 1.54) is 0 Å². The molecule has 1 saturated carbocycles. The zero-order valence-electron chi connectivity index (χ0n) is 7.84. The average Bonchev–Trinajstić information content (AvgIpc) is 1.98. The number of hydrogen-bond acceptors (Lipinski definition) is 2. The summed E-state index contributed by atoms with van der Waals surface area (Å²) in [5, 5.41) is 2.75. The number of carbonyl (C=O) groups is 1. The summed E-state index contributed by atoms with van der Waals surface area (Å²) in [5.41, 5.74) is 5.76. The minimum Gasteiger partial charge on any atom is -0.355 e. The van der Waals surface area contributed by atoms with Gasteiger partial charge in [0.2, 0.25) is 5.91 Å². The minimum atomic E-state index is -0.277. The molecule has 0 aliphatic heterocycles. The highest BCUT2D eigenvalue weighted by Gasteiger charge is 2.33. The predicted octanol–water partition coefficient (Wildman–Crippen LogP) is 0.496. The third kappa shape index (κ3) is 1.97. The van der Waals surface area contributed by atoms with E-state index < -0.39 is 0 Å². The van der Waals surface area contributed by atoms with Gasteiger partial charge in [0, 0.05) is 6.54 Å². The number of nitrogens with one attached hydrogen (secondary N) is 1. The molecule has 0 aromatic carbocycles. The number of amides is 1. The third-order valence-corrected chi connectivity index (χ3v) is 2.57. The first kappa shape index (κ1) is 9.52. The molecule has 1 rings (SSSR count). The van der Waals surface area contributed by atoms with E-state index >= 15 is 0 Å². The lowest BCUT2D eigenvalue weighted by molar-refractivity contribution is -0.124. The summed E-state index contributed by atoms with van der Waals surface area (Å²) in [6, 6.07) is -0.277. The highest BCUT2D eigenvalue weighted by Crippen LogP contribution is 2.34. The summed E-state index contributed by atoms with van der Waals surface area (Å²) in [6.07, 6.45) is 2.22. The number of hydrogen-bond donors (Lipinski definition) is 2. The van der Waals surface area contributed by atoms with Gasteiger partial charge in [-0.15, -0.1) is 0 Å². The highest BCUT2D eigenvalue weighted by molar-refractivity contribution is 5.81. The number of likely N-dealkylation sites (N-methyl/N-ethyl adjacent to an activating group) is 1. The van der Waals surface area contributed by atoms with Crippen LogP contribution < -0.4 is 11.1 Å². The van der Waals surface area contributed by atoms with Gasteiger partial charge in [0.15, 0.2) is 0 Å². The van der Waals surface area contributed by atoms with Gasteiger partial charge in [-0.05, 0) is 31.6 Å². The third-order valence-electron chi connectivity index (χ3n) is 2.57. The molecule has 3 N–H and O–H groups in total. The van der Waals surface area contributed by atoms with Crippen LogP contribution >= 0.6 is 0 Å². The first-order chi connectivity index (χ1) is 5.65. The van der Waals surface area contributed by atoms with Crippen LogP contribution in [0, 0.1) is 11.8 Å². The number of carbonyl (C=O) groups excluding carboxylic acids is 1. The van der Waals surface area contributed by atoms with Gasteiger partial charge in [-0.3, -0.25) is 4.79 Å². The topological polar surface area (TPSA) is 55.1 Å². The van der Waals surface area contributed by atoms with Gasteiger partial charge in [-0.1, -0.05) is 6.92 Å². The summed E-state index contributed by atoms with van der Waals surface area (Å²) < 4.78 is 0. The maximum atomic E-state index is 11.2. The molecule has 1 atom stereocenters. The molecular weight excluding hydrogens is 152 g/mol. The van der Waals surface area contributed by atoms with Gasteiger partial charge in [0.05, 0.1) is 6.04 Å². The molecule has 70 valence electrons. The molecule has 1 aliphatic rings. The smallest absolute Gasteiger partial charge is 0.237 e. The van der Waals surface area contributed by atoms with E-state index in [1.807, 2.05) is 6.92 Å². The van der Waals surface area contributed by atoms with Crippen LogP contribution in [0.25, 0.3) is 0 Å². The van der Waals surface area contributed by atoms with E-state index in [-0.39, 0.29) is 11.9 Å². The SMILES string of the molecule is CCNC(=O)[C@H](N)C1CC(C)C1. The van der Waals surface area contributed by atoms with Crippen molar-refractivity contribution < 1.29 is 4.79 Å². The highest BCUT2D eigenvalue weighted by atomic mass is 16.2. The molecule has 0 heterocycles. The van der Waals surface area contributed by atoms with E-state index in [4.69, 9.17) is 5.73 Å². The zero-order chi connectivity index (χ0) is 9.14. The Morgan fingerprint density at radius 1 is 1.67 bits per heavy atom. The maximum absolute atomic E-state index is 11.2. The van der Waals surface area contributed by atoms with Crippen molar-refractivity contribution >= 4 is 5.91 Å².